The summed E-state index contributed by atoms with van der Waals surface area (Å²) in [5.74, 6) is -2.23. The number of hydrogen-bond donors (Lipinski definition) is 2. The van der Waals surface area contributed by atoms with Crippen molar-refractivity contribution in [3.8, 4) is 0 Å². The minimum Gasteiger partial charge on any atom is -0.352 e. The molecule has 0 saturated heterocycles. The van der Waals surface area contributed by atoms with Crippen LogP contribution >= 0.6 is 0 Å². The fourth-order valence-corrected chi connectivity index (χ4v) is 2.77. The first-order chi connectivity index (χ1) is 11.7. The molecule has 2 N–H and O–H groups in total. The Kier molecular flexibility index (Phi) is 5.06. The van der Waals surface area contributed by atoms with Crippen LogP contribution in [0.15, 0.2) is 18.2 Å². The molecule has 0 aliphatic carbocycles. The van der Waals surface area contributed by atoms with Gasteiger partial charge in [-0.15, -0.1) is 0 Å². The molecule has 25 heavy (non-hydrogen) atoms. The number of hydrogen-bond acceptors (Lipinski definition) is 3. The summed E-state index contributed by atoms with van der Waals surface area (Å²) in [6, 6.07) is 4.26. The van der Waals surface area contributed by atoms with E-state index in [0.717, 1.165) is 0 Å². The molecule has 6 nitrogen and oxygen atoms in total. The molecule has 7 heteroatoms. The van der Waals surface area contributed by atoms with Gasteiger partial charge in [0.2, 0.25) is 0 Å². The van der Waals surface area contributed by atoms with E-state index in [1.165, 1.54) is 29.8 Å². The number of amides is 2. The third-order valence-electron chi connectivity index (χ3n) is 4.22. The molecular weight excluding hydrogens is 325 g/mol. The number of likely N-dealkylation sites (N-methyl/N-ethyl adjacent to an activating group) is 1. The molecule has 132 valence electrons. The van der Waals surface area contributed by atoms with Crippen LogP contribution < -0.4 is 10.6 Å². The van der Waals surface area contributed by atoms with Gasteiger partial charge in [-0.1, -0.05) is 0 Å². The Morgan fingerprint density at radius 2 is 1.76 bits per heavy atom. The number of benzene rings is 1. The molecule has 0 atom stereocenters. The molecule has 2 rings (SSSR count). The molecule has 2 aromatic rings. The Morgan fingerprint density at radius 1 is 1.12 bits per heavy atom. The second-order valence-electron chi connectivity index (χ2n) is 5.82. The molecule has 0 bridgehead atoms. The van der Waals surface area contributed by atoms with Crippen molar-refractivity contribution in [1.29, 1.82) is 0 Å². The van der Waals surface area contributed by atoms with Crippen LogP contribution in [-0.4, -0.2) is 29.2 Å². The number of rotatable bonds is 4. The largest absolute Gasteiger partial charge is 0.352 e. The molecule has 0 saturated carbocycles. The molecule has 0 unspecified atom stereocenters. The number of nitrogens with zero attached hydrogens (tertiary/aromatic N) is 1. The Balaban J connectivity index is 2.42. The van der Waals surface area contributed by atoms with Crippen LogP contribution in [0, 0.1) is 26.6 Å². The van der Waals surface area contributed by atoms with E-state index >= 15 is 0 Å². The summed E-state index contributed by atoms with van der Waals surface area (Å²) in [6.07, 6.45) is 0. The van der Waals surface area contributed by atoms with Crippen LogP contribution in [0.4, 0.5) is 10.1 Å². The Morgan fingerprint density at radius 3 is 2.32 bits per heavy atom. The molecule has 1 aromatic heterocycles. The Bertz CT molecular complexity index is 884. The number of carbonyl (C=O) groups is 3. The Labute approximate surface area is 145 Å². The molecule has 0 aliphatic rings. The van der Waals surface area contributed by atoms with E-state index < -0.39 is 17.6 Å². The highest BCUT2D eigenvalue weighted by atomic mass is 19.1. The smallest absolute Gasteiger partial charge is 0.293 e. The van der Waals surface area contributed by atoms with E-state index in [0.29, 0.717) is 28.1 Å². The summed E-state index contributed by atoms with van der Waals surface area (Å²) < 4.78 is 14.9. The fourth-order valence-electron chi connectivity index (χ4n) is 2.77. The molecule has 1 aromatic carbocycles. The topological polar surface area (TPSA) is 80.2 Å². The van der Waals surface area contributed by atoms with Crippen molar-refractivity contribution in [2.24, 2.45) is 7.05 Å². The van der Waals surface area contributed by atoms with Crippen molar-refractivity contribution >= 4 is 23.3 Å². The van der Waals surface area contributed by atoms with Crippen LogP contribution in [-0.2, 0) is 11.8 Å². The summed E-state index contributed by atoms with van der Waals surface area (Å²) in [4.78, 5) is 36.5. The minimum absolute atomic E-state index is 0.164. The number of ketones is 1. The first-order valence-corrected chi connectivity index (χ1v) is 7.68. The number of nitrogens with one attached hydrogen (secondary N) is 2. The number of Topliss-reactive ketones (excluding diaryl/α,β-unsaturated/α-hetero) is 1. The average Bonchev–Trinajstić information content (AvgIpc) is 2.79. The van der Waals surface area contributed by atoms with Gasteiger partial charge in [0.15, 0.2) is 0 Å². The number of carbonyl (C=O) groups excluding carboxylic acids is 3. The lowest BCUT2D eigenvalue weighted by Crippen LogP contribution is -2.29. The maximum atomic E-state index is 13.4. The Hall–Kier alpha value is -2.96. The number of aryl methyl sites for hydroxylation is 1. The predicted octanol–water partition coefficient (Wildman–Crippen LogP) is 2.27. The van der Waals surface area contributed by atoms with Gasteiger partial charge in [0.25, 0.3) is 17.6 Å². The number of anilines is 1. The van der Waals surface area contributed by atoms with Gasteiger partial charge in [-0.25, -0.2) is 4.39 Å². The van der Waals surface area contributed by atoms with Crippen molar-refractivity contribution in [3.63, 3.8) is 0 Å². The van der Waals surface area contributed by atoms with Gasteiger partial charge in [-0.2, -0.15) is 0 Å². The first-order valence-electron chi connectivity index (χ1n) is 7.68. The van der Waals surface area contributed by atoms with Crippen LogP contribution in [0.25, 0.3) is 0 Å². The van der Waals surface area contributed by atoms with Gasteiger partial charge >= 0.3 is 0 Å². The highest BCUT2D eigenvalue weighted by molar-refractivity contribution is 6.43. The second-order valence-corrected chi connectivity index (χ2v) is 5.82. The van der Waals surface area contributed by atoms with E-state index in [2.05, 4.69) is 10.6 Å². The fraction of sp³-hybridized carbons (Fsp3) is 0.278. The molecule has 0 fully saturated rings. The van der Waals surface area contributed by atoms with Gasteiger partial charge in [-0.3, -0.25) is 14.4 Å². The maximum absolute atomic E-state index is 13.4. The van der Waals surface area contributed by atoms with Gasteiger partial charge < -0.3 is 15.2 Å². The lowest BCUT2D eigenvalue weighted by atomic mass is 10.1. The normalized spacial score (nSPS) is 10.5. The zero-order valence-corrected chi connectivity index (χ0v) is 14.8. The lowest BCUT2D eigenvalue weighted by Gasteiger charge is -2.07. The summed E-state index contributed by atoms with van der Waals surface area (Å²) in [5.41, 5.74) is 2.32. The standard InChI is InChI=1S/C18H20FN3O3/c1-9-8-12(6-7-13(9)19)21-17(24)14-10(2)15(22(5)11(14)3)16(23)18(25)20-4/h6-8H,1-5H3,(H,20,25)(H,21,24). The predicted molar refractivity (Wildman–Crippen MR) is 92.4 cm³/mol. The van der Waals surface area contributed by atoms with Crippen molar-refractivity contribution in [3.05, 3.63) is 52.1 Å². The second kappa shape index (κ2) is 6.88. The SMILES string of the molecule is CNC(=O)C(=O)c1c(C)c(C(=O)Nc2ccc(F)c(C)c2)c(C)n1C. The van der Waals surface area contributed by atoms with E-state index in [1.807, 2.05) is 0 Å². The van der Waals surface area contributed by atoms with Crippen LogP contribution in [0.3, 0.4) is 0 Å². The summed E-state index contributed by atoms with van der Waals surface area (Å²) in [7, 11) is 2.99. The molecule has 0 spiro atoms. The van der Waals surface area contributed by atoms with Gasteiger partial charge in [-0.05, 0) is 50.1 Å². The summed E-state index contributed by atoms with van der Waals surface area (Å²) in [6.45, 7) is 4.91. The number of aromatic nitrogens is 1. The minimum atomic E-state index is -0.746. The summed E-state index contributed by atoms with van der Waals surface area (Å²) in [5, 5.41) is 4.99. The molecule has 2 amide bonds. The first kappa shape index (κ1) is 18.4. The molecule has 0 radical (unpaired) electrons. The zero-order chi connectivity index (χ0) is 18.9. The highest BCUT2D eigenvalue weighted by Crippen LogP contribution is 2.23. The maximum Gasteiger partial charge on any atom is 0.293 e. The third kappa shape index (κ3) is 3.31. The van der Waals surface area contributed by atoms with E-state index in [4.69, 9.17) is 0 Å². The van der Waals surface area contributed by atoms with E-state index in [1.54, 1.807) is 27.8 Å². The average molecular weight is 345 g/mol. The van der Waals surface area contributed by atoms with Crippen molar-refractivity contribution < 1.29 is 18.8 Å². The third-order valence-corrected chi connectivity index (χ3v) is 4.22. The quantitative estimate of drug-likeness (QED) is 0.659. The van der Waals surface area contributed by atoms with Crippen LogP contribution in [0.5, 0.6) is 0 Å². The van der Waals surface area contributed by atoms with Crippen LogP contribution in [0.1, 0.15) is 37.7 Å². The molecule has 1 heterocycles. The van der Waals surface area contributed by atoms with E-state index in [9.17, 15) is 18.8 Å². The van der Waals surface area contributed by atoms with Crippen molar-refractivity contribution in [2.45, 2.75) is 20.8 Å². The van der Waals surface area contributed by atoms with Gasteiger partial charge in [0.1, 0.15) is 5.82 Å². The van der Waals surface area contributed by atoms with Gasteiger partial charge in [0.05, 0.1) is 11.3 Å². The lowest BCUT2D eigenvalue weighted by molar-refractivity contribution is -0.116. The van der Waals surface area contributed by atoms with Crippen molar-refractivity contribution in [1.82, 2.24) is 9.88 Å². The summed E-state index contributed by atoms with van der Waals surface area (Å²) >= 11 is 0. The van der Waals surface area contributed by atoms with Crippen LogP contribution in [0.2, 0.25) is 0 Å². The van der Waals surface area contributed by atoms with Gasteiger partial charge in [0, 0.05) is 25.5 Å². The zero-order valence-electron chi connectivity index (χ0n) is 14.8. The van der Waals surface area contributed by atoms with E-state index in [-0.39, 0.29) is 11.5 Å². The monoisotopic (exact) mass is 345 g/mol. The molecular formula is C18H20FN3O3. The molecule has 0 aliphatic heterocycles. The highest BCUT2D eigenvalue weighted by Gasteiger charge is 2.27. The number of halogens is 1. The van der Waals surface area contributed by atoms with Crippen molar-refractivity contribution in [2.75, 3.05) is 12.4 Å².